The average Bonchev–Trinajstić information content (AvgIpc) is 2.52. The smallest absolute Gasteiger partial charge is 0.423 e. The lowest BCUT2D eigenvalue weighted by Gasteiger charge is -2.45. The van der Waals surface area contributed by atoms with Crippen LogP contribution in [0.4, 0.5) is 4.79 Å². The first-order valence-electron chi connectivity index (χ1n) is 9.52. The van der Waals surface area contributed by atoms with Gasteiger partial charge < -0.3 is 9.47 Å². The van der Waals surface area contributed by atoms with Gasteiger partial charge in [-0.1, -0.05) is 66.7 Å². The van der Waals surface area contributed by atoms with Crippen molar-refractivity contribution >= 4 is 46.9 Å². The fourth-order valence-corrected chi connectivity index (χ4v) is 4.43. The lowest BCUT2D eigenvalue weighted by molar-refractivity contribution is -0.149. The first kappa shape index (κ1) is 22.8. The number of carbonyl (C=O) groups excluding carboxylic acids is 2. The van der Waals surface area contributed by atoms with Crippen LogP contribution in [0.2, 0.25) is 0 Å². The molecule has 154 valence electrons. The molecule has 0 N–H and O–H groups in total. The highest BCUT2D eigenvalue weighted by Crippen LogP contribution is 2.48. The number of esters is 1. The number of ether oxygens (including phenoxy) is 2. The number of carbonyl (C=O) groups is 2. The maximum Gasteiger partial charge on any atom is 0.516 e. The van der Waals surface area contributed by atoms with Gasteiger partial charge in [0.05, 0.1) is 5.92 Å². The molecule has 2 aliphatic carbocycles. The second-order valence-electron chi connectivity index (χ2n) is 8.58. The molecule has 0 bridgehead atoms. The third-order valence-corrected chi connectivity index (χ3v) is 7.61. The zero-order chi connectivity index (χ0) is 20.6. The standard InChI is InChI=1S/C20H29Cl3O4/c1-11-6-8-14-12(2)7-9-15(16(14)10-11)13(3)17(24)26-18(25)27-19(4,5)20(21,22)23/h10,12-16H,6-9H2,1-5H3/t12-,13?,14+,15?,16+/m1/s1. The summed E-state index contributed by atoms with van der Waals surface area (Å²) < 4.78 is 8.16. The molecule has 5 atom stereocenters. The van der Waals surface area contributed by atoms with Crippen LogP contribution >= 0.6 is 34.8 Å². The number of hydrogen-bond acceptors (Lipinski definition) is 4. The van der Waals surface area contributed by atoms with E-state index in [1.165, 1.54) is 19.4 Å². The summed E-state index contributed by atoms with van der Waals surface area (Å²) in [6.45, 7) is 9.15. The van der Waals surface area contributed by atoms with E-state index in [4.69, 9.17) is 44.3 Å². The quantitative estimate of drug-likeness (QED) is 0.219. The Morgan fingerprint density at radius 1 is 1.19 bits per heavy atom. The first-order chi connectivity index (χ1) is 12.3. The van der Waals surface area contributed by atoms with E-state index < -0.39 is 27.4 Å². The number of rotatable bonds is 3. The fourth-order valence-electron chi connectivity index (χ4n) is 4.31. The lowest BCUT2D eigenvalue weighted by atomic mass is 9.60. The van der Waals surface area contributed by atoms with Crippen LogP contribution in [0.15, 0.2) is 11.6 Å². The molecule has 0 aromatic rings. The molecule has 0 spiro atoms. The Kier molecular flexibility index (Phi) is 7.19. The molecule has 4 nitrogen and oxygen atoms in total. The molecule has 2 aliphatic rings. The lowest BCUT2D eigenvalue weighted by Crippen LogP contribution is -2.43. The molecule has 2 unspecified atom stereocenters. The van der Waals surface area contributed by atoms with Crippen molar-refractivity contribution in [1.82, 2.24) is 0 Å². The SMILES string of the molecule is CC1=C[C@@H]2C(C(C)C(=O)OC(=O)OC(C)(C)C(Cl)(Cl)Cl)CC[C@@H](C)[C@@H]2CC1. The maximum atomic E-state index is 12.6. The Labute approximate surface area is 176 Å². The zero-order valence-electron chi connectivity index (χ0n) is 16.6. The van der Waals surface area contributed by atoms with Crippen molar-refractivity contribution in [3.63, 3.8) is 0 Å². The van der Waals surface area contributed by atoms with E-state index in [2.05, 4.69) is 19.9 Å². The van der Waals surface area contributed by atoms with Gasteiger partial charge in [-0.15, -0.1) is 0 Å². The third kappa shape index (κ3) is 5.33. The van der Waals surface area contributed by atoms with E-state index in [-0.39, 0.29) is 5.92 Å². The van der Waals surface area contributed by atoms with E-state index in [1.807, 2.05) is 6.92 Å². The topological polar surface area (TPSA) is 52.6 Å². The van der Waals surface area contributed by atoms with Gasteiger partial charge in [0.25, 0.3) is 0 Å². The van der Waals surface area contributed by atoms with E-state index >= 15 is 0 Å². The maximum absolute atomic E-state index is 12.6. The summed E-state index contributed by atoms with van der Waals surface area (Å²) in [7, 11) is 0. The number of halogens is 3. The van der Waals surface area contributed by atoms with Crippen LogP contribution in [0.3, 0.4) is 0 Å². The molecule has 7 heteroatoms. The number of fused-ring (bicyclic) bond motifs is 1. The number of alkyl halides is 3. The van der Waals surface area contributed by atoms with Gasteiger partial charge in [0.1, 0.15) is 0 Å². The summed E-state index contributed by atoms with van der Waals surface area (Å²) in [5.74, 6) is 0.735. The molecular formula is C20H29Cl3O4. The summed E-state index contributed by atoms with van der Waals surface area (Å²) in [6.07, 6.45) is 5.49. The second kappa shape index (κ2) is 8.51. The van der Waals surface area contributed by atoms with Gasteiger partial charge in [0, 0.05) is 0 Å². The Morgan fingerprint density at radius 2 is 1.81 bits per heavy atom. The summed E-state index contributed by atoms with van der Waals surface area (Å²) in [5.41, 5.74) is -0.0490. The summed E-state index contributed by atoms with van der Waals surface area (Å²) in [4.78, 5) is 24.6. The van der Waals surface area contributed by atoms with Crippen molar-refractivity contribution in [2.45, 2.75) is 69.7 Å². The van der Waals surface area contributed by atoms with Crippen molar-refractivity contribution < 1.29 is 19.1 Å². The Morgan fingerprint density at radius 3 is 2.41 bits per heavy atom. The zero-order valence-corrected chi connectivity index (χ0v) is 18.8. The average molecular weight is 440 g/mol. The van der Waals surface area contributed by atoms with Gasteiger partial charge in [-0.25, -0.2) is 4.79 Å². The fraction of sp³-hybridized carbons (Fsp3) is 0.800. The Hall–Kier alpha value is -0.450. The molecular weight excluding hydrogens is 411 g/mol. The monoisotopic (exact) mass is 438 g/mol. The van der Waals surface area contributed by atoms with Gasteiger partial charge >= 0.3 is 12.1 Å². The van der Waals surface area contributed by atoms with Crippen LogP contribution in [0.1, 0.15) is 60.3 Å². The third-order valence-electron chi connectivity index (χ3n) is 6.24. The van der Waals surface area contributed by atoms with Crippen molar-refractivity contribution in [2.75, 3.05) is 0 Å². The molecule has 0 aromatic heterocycles. The molecule has 0 amide bonds. The molecule has 27 heavy (non-hydrogen) atoms. The minimum absolute atomic E-state index is 0.155. The normalized spacial score (nSPS) is 30.0. The van der Waals surface area contributed by atoms with Gasteiger partial charge in [0.15, 0.2) is 5.60 Å². The van der Waals surface area contributed by atoms with Crippen molar-refractivity contribution in [3.8, 4) is 0 Å². The minimum atomic E-state index is -1.84. The molecule has 0 radical (unpaired) electrons. The van der Waals surface area contributed by atoms with E-state index in [0.29, 0.717) is 17.8 Å². The van der Waals surface area contributed by atoms with E-state index in [0.717, 1.165) is 25.7 Å². The Balaban J connectivity index is 2.04. The van der Waals surface area contributed by atoms with Crippen molar-refractivity contribution in [1.29, 1.82) is 0 Å². The minimum Gasteiger partial charge on any atom is -0.423 e. The summed E-state index contributed by atoms with van der Waals surface area (Å²) in [6, 6.07) is 0. The highest BCUT2D eigenvalue weighted by molar-refractivity contribution is 6.68. The molecule has 1 saturated carbocycles. The highest BCUT2D eigenvalue weighted by Gasteiger charge is 2.46. The van der Waals surface area contributed by atoms with Crippen LogP contribution < -0.4 is 0 Å². The first-order valence-corrected chi connectivity index (χ1v) is 10.7. The predicted molar refractivity (Wildman–Crippen MR) is 108 cm³/mol. The molecule has 2 rings (SSSR count). The van der Waals surface area contributed by atoms with E-state index in [1.54, 1.807) is 0 Å². The molecule has 0 aliphatic heterocycles. The van der Waals surface area contributed by atoms with E-state index in [9.17, 15) is 9.59 Å². The van der Waals surface area contributed by atoms with Crippen LogP contribution in [0, 0.1) is 29.6 Å². The summed E-state index contributed by atoms with van der Waals surface area (Å²) >= 11 is 17.4. The second-order valence-corrected chi connectivity index (χ2v) is 10.9. The largest absolute Gasteiger partial charge is 0.516 e. The predicted octanol–water partition coefficient (Wildman–Crippen LogP) is 6.47. The molecule has 0 aromatic carbocycles. The van der Waals surface area contributed by atoms with Crippen LogP contribution in [-0.4, -0.2) is 21.5 Å². The van der Waals surface area contributed by atoms with Crippen molar-refractivity contribution in [2.24, 2.45) is 29.6 Å². The molecule has 0 heterocycles. The van der Waals surface area contributed by atoms with Gasteiger partial charge in [0.2, 0.25) is 3.79 Å². The van der Waals surface area contributed by atoms with Crippen LogP contribution in [0.5, 0.6) is 0 Å². The number of allylic oxidation sites excluding steroid dienone is 2. The van der Waals surface area contributed by atoms with Gasteiger partial charge in [-0.2, -0.15) is 0 Å². The number of hydrogen-bond donors (Lipinski definition) is 0. The van der Waals surface area contributed by atoms with Gasteiger partial charge in [-0.3, -0.25) is 4.79 Å². The molecule has 1 fully saturated rings. The van der Waals surface area contributed by atoms with Crippen LogP contribution in [-0.2, 0) is 14.3 Å². The van der Waals surface area contributed by atoms with Crippen LogP contribution in [0.25, 0.3) is 0 Å². The van der Waals surface area contributed by atoms with Crippen molar-refractivity contribution in [3.05, 3.63) is 11.6 Å². The van der Waals surface area contributed by atoms with Gasteiger partial charge in [-0.05, 0) is 63.7 Å². The summed E-state index contributed by atoms with van der Waals surface area (Å²) in [5, 5.41) is 0. The molecule has 0 saturated heterocycles. The Bertz CT molecular complexity index is 609. The highest BCUT2D eigenvalue weighted by atomic mass is 35.6.